The highest BCUT2D eigenvalue weighted by Crippen LogP contribution is 2.60. The predicted octanol–water partition coefficient (Wildman–Crippen LogP) is 4.12. The van der Waals surface area contributed by atoms with E-state index in [9.17, 15) is 14.4 Å². The molecule has 1 heterocycles. The second-order valence-electron chi connectivity index (χ2n) is 8.15. The molecule has 6 atom stereocenters. The zero-order chi connectivity index (χ0) is 21.0. The van der Waals surface area contributed by atoms with Gasteiger partial charge in [-0.05, 0) is 36.0 Å². The number of fused-ring (bicyclic) bond motifs is 5. The average molecular weight is 533 g/mol. The molecule has 0 unspecified atom stereocenters. The molecule has 154 valence electrons. The molecule has 2 aromatic rings. The molecule has 2 bridgehead atoms. The van der Waals surface area contributed by atoms with Gasteiger partial charge in [-0.3, -0.25) is 14.4 Å². The Morgan fingerprint density at radius 1 is 0.933 bits per heavy atom. The number of benzene rings is 2. The summed E-state index contributed by atoms with van der Waals surface area (Å²) in [6.45, 7) is 0. The summed E-state index contributed by atoms with van der Waals surface area (Å²) in [4.78, 5) is 40.3. The van der Waals surface area contributed by atoms with E-state index in [0.717, 1.165) is 12.0 Å². The fourth-order valence-electron chi connectivity index (χ4n) is 5.22. The highest BCUT2D eigenvalue weighted by atomic mass is 79.9. The minimum Gasteiger partial charge on any atom is -0.426 e. The van der Waals surface area contributed by atoms with Gasteiger partial charge in [-0.15, -0.1) is 0 Å². The normalized spacial score (nSPS) is 31.9. The molecule has 0 aromatic heterocycles. The fourth-order valence-corrected chi connectivity index (χ4v) is 7.09. The van der Waals surface area contributed by atoms with Gasteiger partial charge in [0.25, 0.3) is 0 Å². The summed E-state index contributed by atoms with van der Waals surface area (Å²) in [6.07, 6.45) is 1.04. The van der Waals surface area contributed by atoms with Crippen LogP contribution in [0, 0.1) is 23.7 Å². The number of esters is 1. The molecule has 0 N–H and O–H groups in total. The summed E-state index contributed by atoms with van der Waals surface area (Å²) in [5.74, 6) is -0.573. The third kappa shape index (κ3) is 3.14. The lowest BCUT2D eigenvalue weighted by molar-refractivity contribution is -0.133. The minimum atomic E-state index is -0.392. The first-order valence-electron chi connectivity index (χ1n) is 9.96. The molecule has 3 fully saturated rings. The van der Waals surface area contributed by atoms with Gasteiger partial charge >= 0.3 is 5.97 Å². The summed E-state index contributed by atoms with van der Waals surface area (Å²) in [6, 6.07) is 16.0. The number of rotatable bonds is 4. The van der Waals surface area contributed by atoms with Gasteiger partial charge in [-0.2, -0.15) is 0 Å². The molecule has 5 nitrogen and oxygen atoms in total. The Bertz CT molecular complexity index is 995. The monoisotopic (exact) mass is 531 g/mol. The van der Waals surface area contributed by atoms with Gasteiger partial charge < -0.3 is 4.74 Å². The molecular formula is C23H19Br2NO4. The van der Waals surface area contributed by atoms with E-state index >= 15 is 0 Å². The highest BCUT2D eigenvalue weighted by Gasteiger charge is 2.66. The highest BCUT2D eigenvalue weighted by molar-refractivity contribution is 9.12. The standard InChI is InChI=1S/C23H19Br2NO4/c24-20-15-11-16(21(20)25)19-18(15)22(28)26(23(19)29)13-7-4-8-14(10-13)30-17(27)9-12-5-2-1-3-6-12/h1-8,10,15-16,18-21H,9,11H2/t15-,16-,18-,19+,20-,21+/m1/s1. The number of nitrogens with zero attached hydrogens (tertiary/aromatic N) is 1. The van der Waals surface area contributed by atoms with Crippen LogP contribution in [0.15, 0.2) is 54.6 Å². The van der Waals surface area contributed by atoms with Crippen LogP contribution in [0.1, 0.15) is 12.0 Å². The molecule has 1 aliphatic heterocycles. The first-order valence-corrected chi connectivity index (χ1v) is 11.8. The van der Waals surface area contributed by atoms with Crippen LogP contribution in [-0.4, -0.2) is 27.4 Å². The van der Waals surface area contributed by atoms with Crippen LogP contribution in [-0.2, 0) is 20.8 Å². The molecule has 0 spiro atoms. The topological polar surface area (TPSA) is 63.7 Å². The third-order valence-corrected chi connectivity index (χ3v) is 9.69. The van der Waals surface area contributed by atoms with Gasteiger partial charge in [-0.1, -0.05) is 68.3 Å². The lowest BCUT2D eigenvalue weighted by Crippen LogP contribution is -2.37. The van der Waals surface area contributed by atoms with Gasteiger partial charge in [0.05, 0.1) is 23.9 Å². The quantitative estimate of drug-likeness (QED) is 0.257. The number of imide groups is 1. The lowest BCUT2D eigenvalue weighted by atomic mass is 9.81. The molecule has 3 aliphatic rings. The number of carbonyl (C=O) groups is 3. The third-order valence-electron chi connectivity index (χ3n) is 6.49. The molecule has 0 radical (unpaired) electrons. The molecule has 2 saturated carbocycles. The fraction of sp³-hybridized carbons (Fsp3) is 0.348. The molecule has 2 aliphatic carbocycles. The SMILES string of the molecule is O=C(Cc1ccccc1)Oc1cccc(N2C(=O)[C@@H]3[C@H]4C[C@@H]([C@H](Br)[C@@H]4Br)[C@@H]3C2=O)c1. The molecule has 1 saturated heterocycles. The number of hydrogen-bond acceptors (Lipinski definition) is 4. The Hall–Kier alpha value is -1.99. The largest absolute Gasteiger partial charge is 0.426 e. The number of ether oxygens (including phenoxy) is 1. The summed E-state index contributed by atoms with van der Waals surface area (Å²) in [5.41, 5.74) is 1.32. The maximum absolute atomic E-state index is 13.2. The second kappa shape index (κ2) is 7.61. The first kappa shape index (κ1) is 19.9. The zero-order valence-corrected chi connectivity index (χ0v) is 19.1. The van der Waals surface area contributed by atoms with Crippen molar-refractivity contribution in [2.75, 3.05) is 4.90 Å². The summed E-state index contributed by atoms with van der Waals surface area (Å²) >= 11 is 7.40. The van der Waals surface area contributed by atoms with Crippen molar-refractivity contribution < 1.29 is 19.1 Å². The molecule has 5 rings (SSSR count). The van der Waals surface area contributed by atoms with Crippen molar-refractivity contribution in [1.29, 1.82) is 0 Å². The van der Waals surface area contributed by atoms with E-state index in [2.05, 4.69) is 31.9 Å². The van der Waals surface area contributed by atoms with Crippen molar-refractivity contribution in [3.63, 3.8) is 0 Å². The Morgan fingerprint density at radius 2 is 1.57 bits per heavy atom. The number of hydrogen-bond donors (Lipinski definition) is 0. The van der Waals surface area contributed by atoms with E-state index in [0.29, 0.717) is 11.4 Å². The van der Waals surface area contributed by atoms with E-state index in [1.807, 2.05) is 30.3 Å². The summed E-state index contributed by atoms with van der Waals surface area (Å²) < 4.78 is 5.47. The number of anilines is 1. The number of carbonyl (C=O) groups excluding carboxylic acids is 3. The van der Waals surface area contributed by atoms with Crippen molar-refractivity contribution in [3.8, 4) is 5.75 Å². The smallest absolute Gasteiger partial charge is 0.315 e. The van der Waals surface area contributed by atoms with E-state index in [-0.39, 0.29) is 51.6 Å². The van der Waals surface area contributed by atoms with Crippen molar-refractivity contribution in [3.05, 3.63) is 60.2 Å². The van der Waals surface area contributed by atoms with Gasteiger partial charge in [0.1, 0.15) is 5.75 Å². The Balaban J connectivity index is 1.35. The first-order chi connectivity index (χ1) is 14.5. The number of amides is 2. The molecular weight excluding hydrogens is 514 g/mol. The second-order valence-corrected chi connectivity index (χ2v) is 10.3. The van der Waals surface area contributed by atoms with Crippen LogP contribution in [0.5, 0.6) is 5.75 Å². The molecule has 7 heteroatoms. The van der Waals surface area contributed by atoms with Crippen molar-refractivity contribution in [2.24, 2.45) is 23.7 Å². The Kier molecular flexibility index (Phi) is 5.06. The number of halogens is 2. The minimum absolute atomic E-state index is 0.144. The molecule has 2 amide bonds. The van der Waals surface area contributed by atoms with Crippen LogP contribution in [0.4, 0.5) is 5.69 Å². The van der Waals surface area contributed by atoms with Crippen molar-refractivity contribution in [2.45, 2.75) is 22.5 Å². The Morgan fingerprint density at radius 3 is 2.20 bits per heavy atom. The zero-order valence-electron chi connectivity index (χ0n) is 15.9. The molecule has 30 heavy (non-hydrogen) atoms. The van der Waals surface area contributed by atoms with Crippen LogP contribution >= 0.6 is 31.9 Å². The van der Waals surface area contributed by atoms with Crippen molar-refractivity contribution in [1.82, 2.24) is 0 Å². The van der Waals surface area contributed by atoms with E-state index in [4.69, 9.17) is 4.74 Å². The van der Waals surface area contributed by atoms with Gasteiger partial charge in [-0.25, -0.2) is 4.90 Å². The number of alkyl halides is 2. The van der Waals surface area contributed by atoms with E-state index < -0.39 is 5.97 Å². The van der Waals surface area contributed by atoms with Crippen LogP contribution < -0.4 is 9.64 Å². The summed E-state index contributed by atoms with van der Waals surface area (Å²) in [7, 11) is 0. The van der Waals surface area contributed by atoms with Gasteiger partial charge in [0.15, 0.2) is 0 Å². The molecule has 2 aromatic carbocycles. The van der Waals surface area contributed by atoms with E-state index in [1.54, 1.807) is 24.3 Å². The van der Waals surface area contributed by atoms with Crippen LogP contribution in [0.25, 0.3) is 0 Å². The van der Waals surface area contributed by atoms with Gasteiger partial charge in [0, 0.05) is 15.7 Å². The van der Waals surface area contributed by atoms with Crippen molar-refractivity contribution >= 4 is 55.3 Å². The predicted molar refractivity (Wildman–Crippen MR) is 119 cm³/mol. The van der Waals surface area contributed by atoms with E-state index in [1.165, 1.54) is 4.90 Å². The summed E-state index contributed by atoms with van der Waals surface area (Å²) in [5, 5.41) is 0. The lowest BCUT2D eigenvalue weighted by Gasteiger charge is -2.28. The maximum Gasteiger partial charge on any atom is 0.315 e. The maximum atomic E-state index is 13.2. The Labute approximate surface area is 191 Å². The van der Waals surface area contributed by atoms with Gasteiger partial charge in [0.2, 0.25) is 11.8 Å². The van der Waals surface area contributed by atoms with Crippen LogP contribution in [0.2, 0.25) is 0 Å². The average Bonchev–Trinajstić information content (AvgIpc) is 3.33. The van der Waals surface area contributed by atoms with Crippen LogP contribution in [0.3, 0.4) is 0 Å².